The molecule has 162 valence electrons. The average Bonchev–Trinajstić information content (AvgIpc) is 3.05. The number of ether oxygens (including phenoxy) is 1. The summed E-state index contributed by atoms with van der Waals surface area (Å²) in [5.74, 6) is -0.957. The number of hydrogen-bond acceptors (Lipinski definition) is 7. The molecule has 0 unspecified atom stereocenters. The number of nitrogens with two attached hydrogens (primary N) is 1. The second kappa shape index (κ2) is 9.04. The van der Waals surface area contributed by atoms with Crippen molar-refractivity contribution in [2.45, 2.75) is 23.8 Å². The number of nitrogens with zero attached hydrogens (tertiary/aromatic N) is 2. The average molecular weight is 460 g/mol. The number of esters is 1. The molecule has 1 aromatic carbocycles. The molecule has 8 nitrogen and oxygen atoms in total. The van der Waals surface area contributed by atoms with Crippen LogP contribution in [-0.2, 0) is 14.8 Å². The van der Waals surface area contributed by atoms with Gasteiger partial charge in [-0.15, -0.1) is 11.8 Å². The highest BCUT2D eigenvalue weighted by Gasteiger charge is 2.20. The Kier molecular flexibility index (Phi) is 6.63. The molecule has 0 aliphatic rings. The lowest BCUT2D eigenvalue weighted by molar-refractivity contribution is 0.0470. The van der Waals surface area contributed by atoms with Crippen LogP contribution in [0.3, 0.4) is 0 Å². The first-order valence-electron chi connectivity index (χ1n) is 9.15. The monoisotopic (exact) mass is 459 g/mol. The molecular formula is C21H21N3O5S2. The fourth-order valence-corrected chi connectivity index (χ4v) is 4.28. The molecule has 0 fully saturated rings. The number of sulfonamides is 1. The first kappa shape index (κ1) is 22.7. The number of rotatable bonds is 7. The van der Waals surface area contributed by atoms with Gasteiger partial charge in [-0.3, -0.25) is 4.79 Å². The van der Waals surface area contributed by atoms with Gasteiger partial charge in [-0.1, -0.05) is 0 Å². The van der Waals surface area contributed by atoms with Gasteiger partial charge < -0.3 is 9.30 Å². The van der Waals surface area contributed by atoms with E-state index in [4.69, 9.17) is 9.88 Å². The fourth-order valence-electron chi connectivity index (χ4n) is 3.22. The van der Waals surface area contributed by atoms with Crippen molar-refractivity contribution in [3.8, 4) is 5.69 Å². The Hall–Kier alpha value is -2.95. The molecule has 3 aromatic rings. The van der Waals surface area contributed by atoms with Gasteiger partial charge in [0.1, 0.15) is 5.03 Å². The molecule has 0 radical (unpaired) electrons. The van der Waals surface area contributed by atoms with Crippen LogP contribution in [0.2, 0.25) is 0 Å². The summed E-state index contributed by atoms with van der Waals surface area (Å²) in [5.41, 5.74) is 2.82. The van der Waals surface area contributed by atoms with E-state index in [1.54, 1.807) is 49.7 Å². The summed E-state index contributed by atoms with van der Waals surface area (Å²) in [5, 5.41) is 5.67. The number of primary sulfonamides is 1. The minimum Gasteiger partial charge on any atom is -0.454 e. The summed E-state index contributed by atoms with van der Waals surface area (Å²) in [4.78, 5) is 29.2. The minimum atomic E-state index is -3.79. The number of hydrogen-bond donors (Lipinski definition) is 1. The van der Waals surface area contributed by atoms with Crippen LogP contribution in [0.25, 0.3) is 5.69 Å². The number of aromatic nitrogens is 2. The van der Waals surface area contributed by atoms with E-state index in [1.807, 2.05) is 11.5 Å². The summed E-state index contributed by atoms with van der Waals surface area (Å²) in [6.07, 6.45) is 3.38. The second-order valence-electron chi connectivity index (χ2n) is 6.72. The SMILES string of the molecule is CSc1ncccc1C(=O)OCC(=O)c1cc(C)n(-c2ccc(S(N)(=O)=O)cc2)c1C. The number of pyridine rings is 1. The number of aryl methyl sites for hydroxylation is 1. The van der Waals surface area contributed by atoms with E-state index >= 15 is 0 Å². The molecule has 2 N–H and O–H groups in total. The van der Waals surface area contributed by atoms with Crippen molar-refractivity contribution in [1.29, 1.82) is 0 Å². The van der Waals surface area contributed by atoms with Crippen molar-refractivity contribution >= 4 is 33.5 Å². The number of ketones is 1. The highest BCUT2D eigenvalue weighted by atomic mass is 32.2. The Bertz CT molecular complexity index is 1250. The first-order valence-corrected chi connectivity index (χ1v) is 11.9. The van der Waals surface area contributed by atoms with Gasteiger partial charge in [0, 0.05) is 28.8 Å². The third kappa shape index (κ3) is 4.87. The highest BCUT2D eigenvalue weighted by Crippen LogP contribution is 2.23. The summed E-state index contributed by atoms with van der Waals surface area (Å²) >= 11 is 1.32. The van der Waals surface area contributed by atoms with Gasteiger partial charge >= 0.3 is 5.97 Å². The summed E-state index contributed by atoms with van der Waals surface area (Å²) in [6, 6.07) is 11.0. The van der Waals surface area contributed by atoms with Crippen LogP contribution in [-0.4, -0.2) is 42.6 Å². The Morgan fingerprint density at radius 3 is 2.42 bits per heavy atom. The number of carbonyl (C=O) groups excluding carboxylic acids is 2. The van der Waals surface area contributed by atoms with Gasteiger partial charge in [0.25, 0.3) is 0 Å². The Morgan fingerprint density at radius 2 is 1.81 bits per heavy atom. The zero-order valence-electron chi connectivity index (χ0n) is 17.2. The van der Waals surface area contributed by atoms with Crippen molar-refractivity contribution in [2.75, 3.05) is 12.9 Å². The normalized spacial score (nSPS) is 11.4. The van der Waals surface area contributed by atoms with E-state index in [-0.39, 0.29) is 10.7 Å². The maximum Gasteiger partial charge on any atom is 0.341 e. The zero-order valence-corrected chi connectivity index (χ0v) is 18.8. The quantitative estimate of drug-likeness (QED) is 0.327. The van der Waals surface area contributed by atoms with Crippen molar-refractivity contribution < 1.29 is 22.7 Å². The van der Waals surface area contributed by atoms with Gasteiger partial charge in [0.2, 0.25) is 15.8 Å². The molecule has 31 heavy (non-hydrogen) atoms. The van der Waals surface area contributed by atoms with E-state index in [0.29, 0.717) is 27.5 Å². The van der Waals surface area contributed by atoms with E-state index in [2.05, 4.69) is 4.98 Å². The van der Waals surface area contributed by atoms with Crippen molar-refractivity contribution in [3.63, 3.8) is 0 Å². The molecule has 0 aliphatic carbocycles. The van der Waals surface area contributed by atoms with Crippen molar-refractivity contribution in [2.24, 2.45) is 5.14 Å². The third-order valence-corrected chi connectivity index (χ3v) is 6.32. The predicted molar refractivity (Wildman–Crippen MR) is 117 cm³/mol. The molecule has 0 atom stereocenters. The van der Waals surface area contributed by atoms with Crippen LogP contribution in [0.5, 0.6) is 0 Å². The van der Waals surface area contributed by atoms with Gasteiger partial charge in [-0.2, -0.15) is 0 Å². The molecule has 2 aromatic heterocycles. The zero-order chi connectivity index (χ0) is 22.8. The van der Waals surface area contributed by atoms with Gasteiger partial charge in [-0.05, 0) is 62.6 Å². The predicted octanol–water partition coefficient (Wildman–Crippen LogP) is 2.90. The molecule has 0 amide bonds. The van der Waals surface area contributed by atoms with Gasteiger partial charge in [0.15, 0.2) is 6.61 Å². The fraction of sp³-hybridized carbons (Fsp3) is 0.190. The Balaban J connectivity index is 1.80. The van der Waals surface area contributed by atoms with Crippen LogP contribution < -0.4 is 5.14 Å². The lowest BCUT2D eigenvalue weighted by Crippen LogP contribution is -2.16. The number of carbonyl (C=O) groups is 2. The number of benzene rings is 1. The minimum absolute atomic E-state index is 0.00179. The molecule has 3 rings (SSSR count). The standard InChI is InChI=1S/C21H21N3O5S2/c1-13-11-18(14(2)24(13)15-6-8-16(9-7-15)31(22,27)28)19(25)12-29-21(26)17-5-4-10-23-20(17)30-3/h4-11H,12H2,1-3H3,(H2,22,27,28). The highest BCUT2D eigenvalue weighted by molar-refractivity contribution is 7.98. The Morgan fingerprint density at radius 1 is 1.13 bits per heavy atom. The van der Waals surface area contributed by atoms with E-state index in [0.717, 1.165) is 5.69 Å². The molecule has 0 spiro atoms. The van der Waals surface area contributed by atoms with E-state index in [1.165, 1.54) is 23.9 Å². The summed E-state index contributed by atoms with van der Waals surface area (Å²) in [6.45, 7) is 3.18. The third-order valence-electron chi connectivity index (χ3n) is 4.67. The van der Waals surface area contributed by atoms with Gasteiger partial charge in [-0.25, -0.2) is 23.3 Å². The second-order valence-corrected chi connectivity index (χ2v) is 9.08. The first-order chi connectivity index (χ1) is 14.6. The van der Waals surface area contributed by atoms with Crippen LogP contribution in [0, 0.1) is 13.8 Å². The van der Waals surface area contributed by atoms with Crippen LogP contribution in [0.4, 0.5) is 0 Å². The lowest BCUT2D eigenvalue weighted by Gasteiger charge is -2.11. The number of thioether (sulfide) groups is 1. The molecule has 2 heterocycles. The summed E-state index contributed by atoms with van der Waals surface area (Å²) < 4.78 is 29.9. The molecule has 0 saturated carbocycles. The van der Waals surface area contributed by atoms with E-state index in [9.17, 15) is 18.0 Å². The molecule has 0 aliphatic heterocycles. The van der Waals surface area contributed by atoms with Crippen LogP contribution in [0.1, 0.15) is 32.1 Å². The van der Waals surface area contributed by atoms with Crippen LogP contribution >= 0.6 is 11.8 Å². The van der Waals surface area contributed by atoms with Crippen molar-refractivity contribution in [1.82, 2.24) is 9.55 Å². The van der Waals surface area contributed by atoms with Gasteiger partial charge in [0.05, 0.1) is 10.5 Å². The maximum absolute atomic E-state index is 12.7. The maximum atomic E-state index is 12.7. The summed E-state index contributed by atoms with van der Waals surface area (Å²) in [7, 11) is -3.79. The lowest BCUT2D eigenvalue weighted by atomic mass is 10.1. The molecule has 0 bridgehead atoms. The topological polar surface area (TPSA) is 121 Å². The van der Waals surface area contributed by atoms with Crippen molar-refractivity contribution in [3.05, 3.63) is 71.2 Å². The largest absolute Gasteiger partial charge is 0.454 e. The Labute approximate surface area is 184 Å². The number of Topliss-reactive ketones (excluding diaryl/α,β-unsaturated/α-hetero) is 1. The van der Waals surface area contributed by atoms with E-state index < -0.39 is 22.6 Å². The van der Waals surface area contributed by atoms with Crippen LogP contribution in [0.15, 0.2) is 58.6 Å². The smallest absolute Gasteiger partial charge is 0.341 e. The molecule has 10 heteroatoms. The molecule has 0 saturated heterocycles. The molecular weight excluding hydrogens is 438 g/mol.